The SMILES string of the molecule is CC(C)Cc1nc2cc(Br)ccc2o1. The van der Waals surface area contributed by atoms with Crippen molar-refractivity contribution in [1.29, 1.82) is 0 Å². The summed E-state index contributed by atoms with van der Waals surface area (Å²) in [6, 6.07) is 5.88. The highest BCUT2D eigenvalue weighted by Gasteiger charge is 2.07. The molecule has 0 saturated carbocycles. The fourth-order valence-electron chi connectivity index (χ4n) is 1.38. The maximum atomic E-state index is 5.60. The van der Waals surface area contributed by atoms with Crippen LogP contribution in [0.15, 0.2) is 27.1 Å². The van der Waals surface area contributed by atoms with E-state index < -0.39 is 0 Å². The number of aromatic nitrogens is 1. The molecule has 2 aromatic rings. The van der Waals surface area contributed by atoms with Crippen molar-refractivity contribution in [3.05, 3.63) is 28.6 Å². The second-order valence-corrected chi connectivity index (χ2v) is 4.73. The number of nitrogens with zero attached hydrogens (tertiary/aromatic N) is 1. The number of fused-ring (bicyclic) bond motifs is 1. The molecule has 2 rings (SSSR count). The molecule has 1 aromatic carbocycles. The first-order valence-corrected chi connectivity index (χ1v) is 5.49. The van der Waals surface area contributed by atoms with Crippen molar-refractivity contribution in [3.63, 3.8) is 0 Å². The fraction of sp³-hybridized carbons (Fsp3) is 0.364. The predicted octanol–water partition coefficient (Wildman–Crippen LogP) is 3.79. The third-order valence-electron chi connectivity index (χ3n) is 1.98. The first-order valence-electron chi connectivity index (χ1n) is 4.70. The van der Waals surface area contributed by atoms with Gasteiger partial charge in [-0.3, -0.25) is 0 Å². The van der Waals surface area contributed by atoms with Crippen LogP contribution in [0.4, 0.5) is 0 Å². The highest BCUT2D eigenvalue weighted by molar-refractivity contribution is 9.10. The molecule has 2 nitrogen and oxygen atoms in total. The monoisotopic (exact) mass is 253 g/mol. The minimum Gasteiger partial charge on any atom is -0.441 e. The largest absolute Gasteiger partial charge is 0.441 e. The van der Waals surface area contributed by atoms with E-state index in [1.807, 2.05) is 18.2 Å². The van der Waals surface area contributed by atoms with Crippen molar-refractivity contribution >= 4 is 27.0 Å². The number of hydrogen-bond acceptors (Lipinski definition) is 2. The van der Waals surface area contributed by atoms with E-state index in [1.165, 1.54) is 0 Å². The van der Waals surface area contributed by atoms with E-state index in [0.29, 0.717) is 5.92 Å². The van der Waals surface area contributed by atoms with E-state index in [2.05, 4.69) is 34.8 Å². The smallest absolute Gasteiger partial charge is 0.195 e. The van der Waals surface area contributed by atoms with Gasteiger partial charge < -0.3 is 4.42 Å². The zero-order chi connectivity index (χ0) is 10.1. The zero-order valence-corrected chi connectivity index (χ0v) is 9.84. The molecule has 0 aliphatic heterocycles. The Hall–Kier alpha value is -0.830. The highest BCUT2D eigenvalue weighted by Crippen LogP contribution is 2.21. The van der Waals surface area contributed by atoms with E-state index in [-0.39, 0.29) is 0 Å². The van der Waals surface area contributed by atoms with Crippen LogP contribution >= 0.6 is 15.9 Å². The average molecular weight is 254 g/mol. The second kappa shape index (κ2) is 3.73. The number of hydrogen-bond donors (Lipinski definition) is 0. The summed E-state index contributed by atoms with van der Waals surface area (Å²) in [4.78, 5) is 4.42. The molecule has 0 aliphatic carbocycles. The molecule has 74 valence electrons. The second-order valence-electron chi connectivity index (χ2n) is 3.82. The van der Waals surface area contributed by atoms with Gasteiger partial charge in [-0.05, 0) is 24.1 Å². The number of oxazole rings is 1. The van der Waals surface area contributed by atoms with Gasteiger partial charge in [-0.25, -0.2) is 4.98 Å². The molecule has 0 aliphatic rings. The van der Waals surface area contributed by atoms with Gasteiger partial charge in [0, 0.05) is 10.9 Å². The lowest BCUT2D eigenvalue weighted by Crippen LogP contribution is -1.93. The summed E-state index contributed by atoms with van der Waals surface area (Å²) in [5.74, 6) is 1.40. The van der Waals surface area contributed by atoms with Crippen LogP contribution in [-0.4, -0.2) is 4.98 Å². The number of benzene rings is 1. The third kappa shape index (κ3) is 1.98. The zero-order valence-electron chi connectivity index (χ0n) is 8.25. The summed E-state index contributed by atoms with van der Waals surface area (Å²) >= 11 is 3.41. The van der Waals surface area contributed by atoms with Gasteiger partial charge in [-0.2, -0.15) is 0 Å². The van der Waals surface area contributed by atoms with E-state index in [4.69, 9.17) is 4.42 Å². The molecule has 0 amide bonds. The quantitative estimate of drug-likeness (QED) is 0.814. The van der Waals surface area contributed by atoms with Gasteiger partial charge in [0.25, 0.3) is 0 Å². The minimum absolute atomic E-state index is 0.575. The van der Waals surface area contributed by atoms with Crippen molar-refractivity contribution in [3.8, 4) is 0 Å². The lowest BCUT2D eigenvalue weighted by molar-refractivity contribution is 0.482. The van der Waals surface area contributed by atoms with Crippen LogP contribution in [0.25, 0.3) is 11.1 Å². The molecule has 0 radical (unpaired) electrons. The predicted molar refractivity (Wildman–Crippen MR) is 60.3 cm³/mol. The van der Waals surface area contributed by atoms with Crippen molar-refractivity contribution in [2.45, 2.75) is 20.3 Å². The summed E-state index contributed by atoms with van der Waals surface area (Å²) < 4.78 is 6.64. The van der Waals surface area contributed by atoms with E-state index in [0.717, 1.165) is 27.9 Å². The molecule has 1 heterocycles. The summed E-state index contributed by atoms with van der Waals surface area (Å²) in [6.45, 7) is 4.32. The molecular weight excluding hydrogens is 242 g/mol. The Kier molecular flexibility index (Phi) is 2.59. The maximum Gasteiger partial charge on any atom is 0.195 e. The van der Waals surface area contributed by atoms with Gasteiger partial charge in [0.15, 0.2) is 11.5 Å². The van der Waals surface area contributed by atoms with Crippen molar-refractivity contribution < 1.29 is 4.42 Å². The third-order valence-corrected chi connectivity index (χ3v) is 2.47. The Morgan fingerprint density at radius 1 is 1.43 bits per heavy atom. The minimum atomic E-state index is 0.575. The fourth-order valence-corrected chi connectivity index (χ4v) is 1.73. The average Bonchev–Trinajstić information content (AvgIpc) is 2.44. The Balaban J connectivity index is 2.41. The molecule has 0 atom stereocenters. The van der Waals surface area contributed by atoms with Crippen LogP contribution in [0.1, 0.15) is 19.7 Å². The molecule has 0 fully saturated rings. The first kappa shape index (κ1) is 9.71. The molecule has 14 heavy (non-hydrogen) atoms. The topological polar surface area (TPSA) is 26.0 Å². The van der Waals surface area contributed by atoms with Crippen LogP contribution in [0.5, 0.6) is 0 Å². The number of halogens is 1. The van der Waals surface area contributed by atoms with Gasteiger partial charge in [-0.1, -0.05) is 29.8 Å². The Morgan fingerprint density at radius 2 is 2.21 bits per heavy atom. The molecule has 1 aromatic heterocycles. The van der Waals surface area contributed by atoms with Crippen LogP contribution in [0.3, 0.4) is 0 Å². The van der Waals surface area contributed by atoms with Crippen molar-refractivity contribution in [1.82, 2.24) is 4.98 Å². The standard InChI is InChI=1S/C11H12BrNO/c1-7(2)5-11-13-9-6-8(12)3-4-10(9)14-11/h3-4,6-7H,5H2,1-2H3. The van der Waals surface area contributed by atoms with E-state index in [1.54, 1.807) is 0 Å². The van der Waals surface area contributed by atoms with Crippen LogP contribution in [0.2, 0.25) is 0 Å². The van der Waals surface area contributed by atoms with Crippen LogP contribution in [-0.2, 0) is 6.42 Å². The van der Waals surface area contributed by atoms with Crippen LogP contribution < -0.4 is 0 Å². The molecule has 0 bridgehead atoms. The molecule has 0 spiro atoms. The van der Waals surface area contributed by atoms with Gasteiger partial charge in [0.05, 0.1) is 0 Å². The summed E-state index contributed by atoms with van der Waals surface area (Å²) in [7, 11) is 0. The lowest BCUT2D eigenvalue weighted by atomic mass is 10.1. The van der Waals surface area contributed by atoms with Gasteiger partial charge in [-0.15, -0.1) is 0 Å². The van der Waals surface area contributed by atoms with Crippen molar-refractivity contribution in [2.75, 3.05) is 0 Å². The first-order chi connectivity index (χ1) is 6.65. The van der Waals surface area contributed by atoms with Crippen LogP contribution in [0, 0.1) is 5.92 Å². The van der Waals surface area contributed by atoms with Gasteiger partial charge in [0.2, 0.25) is 0 Å². The van der Waals surface area contributed by atoms with E-state index >= 15 is 0 Å². The van der Waals surface area contributed by atoms with Gasteiger partial charge >= 0.3 is 0 Å². The molecule has 0 unspecified atom stereocenters. The molecule has 3 heteroatoms. The summed E-state index contributed by atoms with van der Waals surface area (Å²) in [5, 5.41) is 0. The lowest BCUT2D eigenvalue weighted by Gasteiger charge is -1.96. The van der Waals surface area contributed by atoms with E-state index in [9.17, 15) is 0 Å². The molecule has 0 saturated heterocycles. The highest BCUT2D eigenvalue weighted by atomic mass is 79.9. The summed E-state index contributed by atoms with van der Waals surface area (Å²) in [6.07, 6.45) is 0.895. The Morgan fingerprint density at radius 3 is 2.93 bits per heavy atom. The summed E-state index contributed by atoms with van der Waals surface area (Å²) in [5.41, 5.74) is 1.79. The van der Waals surface area contributed by atoms with Gasteiger partial charge in [0.1, 0.15) is 5.52 Å². The maximum absolute atomic E-state index is 5.60. The molecular formula is C11H12BrNO. The number of rotatable bonds is 2. The van der Waals surface area contributed by atoms with Crippen molar-refractivity contribution in [2.24, 2.45) is 5.92 Å². The Bertz CT molecular complexity index is 447. The normalized spacial score (nSPS) is 11.4. The Labute approximate surface area is 91.5 Å². The molecule has 0 N–H and O–H groups in total.